The average Bonchev–Trinajstić information content (AvgIpc) is 3.00. The number of aliphatic hydroxyl groups excluding tert-OH is 2. The van der Waals surface area contributed by atoms with Crippen LogP contribution >= 0.6 is 0 Å². The van der Waals surface area contributed by atoms with Gasteiger partial charge in [-0.25, -0.2) is 4.79 Å². The molecule has 0 saturated carbocycles. The molecule has 0 aliphatic rings. The van der Waals surface area contributed by atoms with Crippen molar-refractivity contribution in [2.24, 2.45) is 5.92 Å². The lowest BCUT2D eigenvalue weighted by Gasteiger charge is -2.23. The molecule has 0 aromatic rings. The molecule has 0 spiro atoms. The fourth-order valence-corrected chi connectivity index (χ4v) is 3.15. The standard InChI is InChI=1S/C30H61NO12/c1-21(10-31-30(34)43-20-29(11-32)12-33)36-14-23(3)38-16-25(5)40-18-27(7)42-19-28(8)41-17-26(6)39-15-24(4)37-13-22(2)35-9/h21-29,32-33H,10-20H2,1-9H3,(H,31,34). The molecule has 0 aromatic heterocycles. The molecule has 43 heavy (non-hydrogen) atoms. The van der Waals surface area contributed by atoms with E-state index in [4.69, 9.17) is 52.8 Å². The first kappa shape index (κ1) is 41.9. The molecule has 0 rings (SSSR count). The van der Waals surface area contributed by atoms with E-state index >= 15 is 0 Å². The summed E-state index contributed by atoms with van der Waals surface area (Å²) in [5, 5.41) is 20.6. The van der Waals surface area contributed by atoms with Crippen molar-refractivity contribution in [2.45, 2.75) is 104 Å². The normalized spacial score (nSPS) is 17.6. The van der Waals surface area contributed by atoms with Gasteiger partial charge in [0.1, 0.15) is 6.61 Å². The second kappa shape index (κ2) is 26.1. The van der Waals surface area contributed by atoms with Crippen molar-refractivity contribution < 1.29 is 57.6 Å². The number of rotatable bonds is 28. The summed E-state index contributed by atoms with van der Waals surface area (Å²) in [7, 11) is 1.66. The van der Waals surface area contributed by atoms with Gasteiger partial charge in [-0.2, -0.15) is 0 Å². The fourth-order valence-electron chi connectivity index (χ4n) is 3.15. The minimum atomic E-state index is -0.627. The van der Waals surface area contributed by atoms with Crippen molar-refractivity contribution in [3.8, 4) is 0 Å². The summed E-state index contributed by atoms with van der Waals surface area (Å²) < 4.78 is 50.8. The monoisotopic (exact) mass is 627 g/mol. The molecule has 13 heteroatoms. The van der Waals surface area contributed by atoms with Crippen molar-refractivity contribution in [1.29, 1.82) is 0 Å². The Hall–Kier alpha value is -1.13. The summed E-state index contributed by atoms with van der Waals surface area (Å²) in [5.74, 6) is -0.486. The summed E-state index contributed by atoms with van der Waals surface area (Å²) in [6, 6.07) is 0. The van der Waals surface area contributed by atoms with Crippen LogP contribution in [-0.2, 0) is 42.6 Å². The largest absolute Gasteiger partial charge is 0.449 e. The zero-order valence-corrected chi connectivity index (χ0v) is 28.0. The van der Waals surface area contributed by atoms with Gasteiger partial charge < -0.3 is 58.2 Å². The smallest absolute Gasteiger partial charge is 0.407 e. The second-order valence-electron chi connectivity index (χ2n) is 11.3. The van der Waals surface area contributed by atoms with Crippen LogP contribution in [-0.4, -0.2) is 145 Å². The van der Waals surface area contributed by atoms with E-state index in [0.717, 1.165) is 0 Å². The van der Waals surface area contributed by atoms with Crippen molar-refractivity contribution in [3.05, 3.63) is 0 Å². The topological polar surface area (TPSA) is 153 Å². The minimum Gasteiger partial charge on any atom is -0.449 e. The van der Waals surface area contributed by atoms with Gasteiger partial charge in [0.25, 0.3) is 0 Å². The van der Waals surface area contributed by atoms with Crippen molar-refractivity contribution in [1.82, 2.24) is 5.32 Å². The van der Waals surface area contributed by atoms with Crippen LogP contribution in [0.2, 0.25) is 0 Å². The maximum absolute atomic E-state index is 11.7. The number of methoxy groups -OCH3 is 1. The molecular formula is C30H61NO12. The molecule has 0 radical (unpaired) electrons. The number of carbonyl (C=O) groups excluding carboxylic acids is 1. The molecule has 0 aromatic carbocycles. The van der Waals surface area contributed by atoms with Crippen LogP contribution in [0.25, 0.3) is 0 Å². The van der Waals surface area contributed by atoms with Gasteiger partial charge in [0.2, 0.25) is 0 Å². The van der Waals surface area contributed by atoms with Gasteiger partial charge in [0.05, 0.1) is 108 Å². The highest BCUT2D eigenvalue weighted by Crippen LogP contribution is 2.05. The molecule has 0 fully saturated rings. The van der Waals surface area contributed by atoms with E-state index < -0.39 is 12.0 Å². The third-order valence-electron chi connectivity index (χ3n) is 6.21. The van der Waals surface area contributed by atoms with E-state index in [1.165, 1.54) is 0 Å². The third-order valence-corrected chi connectivity index (χ3v) is 6.21. The molecule has 1 amide bonds. The van der Waals surface area contributed by atoms with Crippen molar-refractivity contribution >= 4 is 6.09 Å². The minimum absolute atomic E-state index is 0.0203. The molecule has 0 aliphatic heterocycles. The Balaban J connectivity index is 3.91. The van der Waals surface area contributed by atoms with Gasteiger partial charge in [0, 0.05) is 19.6 Å². The average molecular weight is 628 g/mol. The Bertz CT molecular complexity index is 657. The maximum Gasteiger partial charge on any atom is 0.407 e. The second-order valence-corrected chi connectivity index (χ2v) is 11.3. The van der Waals surface area contributed by atoms with E-state index in [2.05, 4.69) is 5.32 Å². The Morgan fingerprint density at radius 3 is 1.12 bits per heavy atom. The first-order valence-electron chi connectivity index (χ1n) is 15.4. The fraction of sp³-hybridized carbons (Fsp3) is 0.967. The molecule has 3 N–H and O–H groups in total. The van der Waals surface area contributed by atoms with E-state index in [0.29, 0.717) is 46.2 Å². The van der Waals surface area contributed by atoms with Gasteiger partial charge in [-0.1, -0.05) is 0 Å². The number of hydrogen-bond donors (Lipinski definition) is 3. The molecule has 0 bridgehead atoms. The third kappa shape index (κ3) is 24.8. The number of hydrogen-bond acceptors (Lipinski definition) is 12. The molecule has 13 nitrogen and oxygen atoms in total. The highest BCUT2D eigenvalue weighted by molar-refractivity contribution is 5.67. The molecule has 0 saturated heterocycles. The predicted molar refractivity (Wildman–Crippen MR) is 161 cm³/mol. The van der Waals surface area contributed by atoms with Crippen LogP contribution < -0.4 is 5.32 Å². The van der Waals surface area contributed by atoms with Gasteiger partial charge in [-0.15, -0.1) is 0 Å². The highest BCUT2D eigenvalue weighted by Gasteiger charge is 2.15. The number of alkyl carbamates (subject to hydrolysis) is 1. The number of carbonyl (C=O) groups is 1. The summed E-state index contributed by atoms with van der Waals surface area (Å²) >= 11 is 0. The van der Waals surface area contributed by atoms with Gasteiger partial charge >= 0.3 is 6.09 Å². The van der Waals surface area contributed by atoms with Crippen LogP contribution in [0.4, 0.5) is 4.79 Å². The molecule has 258 valence electrons. The summed E-state index contributed by atoms with van der Waals surface area (Å²) in [4.78, 5) is 11.7. The van der Waals surface area contributed by atoms with E-state index in [1.54, 1.807) is 7.11 Å². The molecular weight excluding hydrogens is 566 g/mol. The Kier molecular flexibility index (Phi) is 25.4. The van der Waals surface area contributed by atoms with E-state index in [1.807, 2.05) is 55.4 Å². The number of ether oxygens (including phenoxy) is 9. The first-order valence-corrected chi connectivity index (χ1v) is 15.4. The van der Waals surface area contributed by atoms with Gasteiger partial charge in [-0.05, 0) is 55.4 Å². The molecule has 8 atom stereocenters. The number of nitrogens with one attached hydrogen (secondary N) is 1. The van der Waals surface area contributed by atoms with Crippen LogP contribution in [0.15, 0.2) is 0 Å². The number of amides is 1. The molecule has 0 aliphatic carbocycles. The summed E-state index contributed by atoms with van der Waals surface area (Å²) in [5.41, 5.74) is 0. The first-order chi connectivity index (χ1) is 20.4. The lowest BCUT2D eigenvalue weighted by Crippen LogP contribution is -2.35. The SMILES string of the molecule is COC(C)COC(C)COC(C)COC(C)COC(C)COC(C)COC(C)COC(C)CNC(=O)OCC(CO)CO. The molecule has 0 heterocycles. The Morgan fingerprint density at radius 2 is 0.814 bits per heavy atom. The Morgan fingerprint density at radius 1 is 0.512 bits per heavy atom. The van der Waals surface area contributed by atoms with E-state index in [9.17, 15) is 4.79 Å². The van der Waals surface area contributed by atoms with Crippen LogP contribution in [0.5, 0.6) is 0 Å². The maximum atomic E-state index is 11.7. The predicted octanol–water partition coefficient (Wildman–Crippen LogP) is 2.18. The quantitative estimate of drug-likeness (QED) is 0.117. The zero-order chi connectivity index (χ0) is 32.6. The Labute approximate surface area is 259 Å². The van der Waals surface area contributed by atoms with E-state index in [-0.39, 0.29) is 75.2 Å². The van der Waals surface area contributed by atoms with Gasteiger partial charge in [0.15, 0.2) is 0 Å². The lowest BCUT2D eigenvalue weighted by molar-refractivity contribution is -0.107. The van der Waals surface area contributed by atoms with Crippen molar-refractivity contribution in [3.63, 3.8) is 0 Å². The van der Waals surface area contributed by atoms with Crippen LogP contribution in [0.3, 0.4) is 0 Å². The lowest BCUT2D eigenvalue weighted by atomic mass is 10.2. The summed E-state index contributed by atoms with van der Waals surface area (Å²) in [6.45, 7) is 18.3. The summed E-state index contributed by atoms with van der Waals surface area (Å²) in [6.07, 6.45) is -1.38. The van der Waals surface area contributed by atoms with Gasteiger partial charge in [-0.3, -0.25) is 0 Å². The molecule has 8 unspecified atom stereocenters. The highest BCUT2D eigenvalue weighted by atomic mass is 16.6. The zero-order valence-electron chi connectivity index (χ0n) is 28.0. The number of aliphatic hydroxyl groups is 2. The van der Waals surface area contributed by atoms with Crippen molar-refractivity contribution in [2.75, 3.05) is 79.7 Å². The van der Waals surface area contributed by atoms with Crippen LogP contribution in [0.1, 0.15) is 55.4 Å². The van der Waals surface area contributed by atoms with Crippen LogP contribution in [0, 0.1) is 5.92 Å².